The third kappa shape index (κ3) is 2.93. The first-order valence-corrected chi connectivity index (χ1v) is 8.16. The summed E-state index contributed by atoms with van der Waals surface area (Å²) in [5.74, 6) is -0.794. The lowest BCUT2D eigenvalue weighted by Crippen LogP contribution is -2.31. The van der Waals surface area contributed by atoms with Crippen LogP contribution in [0.2, 0.25) is 0 Å². The molecule has 0 saturated carbocycles. The molecule has 4 N–H and O–H groups in total. The molecule has 0 aliphatic rings. The van der Waals surface area contributed by atoms with Crippen LogP contribution >= 0.6 is 0 Å². The molecule has 0 aliphatic heterocycles. The molecular formula is C19H14N4O4. The van der Waals surface area contributed by atoms with Crippen molar-refractivity contribution in [1.82, 2.24) is 19.9 Å². The van der Waals surface area contributed by atoms with E-state index in [9.17, 15) is 19.2 Å². The van der Waals surface area contributed by atoms with E-state index in [1.165, 1.54) is 12.4 Å². The molecule has 0 atom stereocenters. The highest BCUT2D eigenvalue weighted by molar-refractivity contribution is 5.87. The highest BCUT2D eigenvalue weighted by Crippen LogP contribution is 2.32. The highest BCUT2D eigenvalue weighted by atomic mass is 16.2. The number of H-pyrrole nitrogens is 4. The van der Waals surface area contributed by atoms with Gasteiger partial charge in [0.05, 0.1) is 0 Å². The third-order valence-corrected chi connectivity index (χ3v) is 4.45. The van der Waals surface area contributed by atoms with Gasteiger partial charge in [0.25, 0.3) is 11.1 Å². The van der Waals surface area contributed by atoms with Crippen molar-refractivity contribution in [2.75, 3.05) is 0 Å². The summed E-state index contributed by atoms with van der Waals surface area (Å²) in [5.41, 5.74) is -1.44. The fraction of sp³-hybridized carbons (Fsp3) is 0.0526. The Labute approximate surface area is 150 Å². The fourth-order valence-corrected chi connectivity index (χ4v) is 3.27. The smallest absolute Gasteiger partial charge is 0.314 e. The van der Waals surface area contributed by atoms with E-state index < -0.39 is 28.4 Å². The molecule has 2 aromatic carbocycles. The standard InChI is InChI=1S/C19H14N4O4/c24-16-13(8-20-18(26)22-16)15(14-9-21-19(27)23-17(14)25)12-7-3-5-10-4-1-2-6-11(10)12/h1-9,15H,(H2,20,22,24,26)(H2,21,23,25,27). The van der Waals surface area contributed by atoms with Gasteiger partial charge in [0.15, 0.2) is 0 Å². The zero-order chi connectivity index (χ0) is 19.0. The second-order valence-corrected chi connectivity index (χ2v) is 6.06. The van der Waals surface area contributed by atoms with Gasteiger partial charge in [-0.25, -0.2) is 9.59 Å². The SMILES string of the molecule is O=c1[nH]cc(C(c2c[nH]c(=O)[nH]c2=O)c2cccc3ccccc23)c(=O)[nH]1. The molecule has 0 spiro atoms. The van der Waals surface area contributed by atoms with Crippen molar-refractivity contribution in [3.05, 3.63) is 113 Å². The predicted octanol–water partition coefficient (Wildman–Crippen LogP) is 0.773. The summed E-state index contributed by atoms with van der Waals surface area (Å²) in [6.07, 6.45) is 2.58. The average molecular weight is 362 g/mol. The molecular weight excluding hydrogens is 348 g/mol. The van der Waals surface area contributed by atoms with Gasteiger partial charge in [-0.2, -0.15) is 0 Å². The summed E-state index contributed by atoms with van der Waals surface area (Å²) < 4.78 is 0. The molecule has 0 amide bonds. The minimum atomic E-state index is -0.794. The van der Waals surface area contributed by atoms with Crippen LogP contribution in [-0.2, 0) is 0 Å². The van der Waals surface area contributed by atoms with E-state index in [0.29, 0.717) is 5.56 Å². The molecule has 134 valence electrons. The van der Waals surface area contributed by atoms with Crippen molar-refractivity contribution in [1.29, 1.82) is 0 Å². The first-order valence-electron chi connectivity index (χ1n) is 8.16. The fourth-order valence-electron chi connectivity index (χ4n) is 3.27. The van der Waals surface area contributed by atoms with Crippen molar-refractivity contribution < 1.29 is 0 Å². The minimum absolute atomic E-state index is 0.184. The van der Waals surface area contributed by atoms with Gasteiger partial charge in [0.1, 0.15) is 0 Å². The number of aromatic amines is 4. The van der Waals surface area contributed by atoms with E-state index in [-0.39, 0.29) is 11.1 Å². The first kappa shape index (κ1) is 16.5. The lowest BCUT2D eigenvalue weighted by atomic mass is 9.85. The van der Waals surface area contributed by atoms with E-state index in [1.807, 2.05) is 42.5 Å². The van der Waals surface area contributed by atoms with E-state index in [2.05, 4.69) is 19.9 Å². The topological polar surface area (TPSA) is 131 Å². The van der Waals surface area contributed by atoms with Gasteiger partial charge < -0.3 is 9.97 Å². The summed E-state index contributed by atoms with van der Waals surface area (Å²) in [7, 11) is 0. The van der Waals surface area contributed by atoms with Gasteiger partial charge in [-0.05, 0) is 16.3 Å². The maximum Gasteiger partial charge on any atom is 0.325 e. The quantitative estimate of drug-likeness (QED) is 0.429. The number of fused-ring (bicyclic) bond motifs is 1. The van der Waals surface area contributed by atoms with Crippen LogP contribution in [0.1, 0.15) is 22.6 Å². The molecule has 0 bridgehead atoms. The summed E-state index contributed by atoms with van der Waals surface area (Å²) in [6, 6.07) is 13.1. The number of rotatable bonds is 3. The van der Waals surface area contributed by atoms with Crippen molar-refractivity contribution in [3.63, 3.8) is 0 Å². The van der Waals surface area contributed by atoms with Crippen molar-refractivity contribution in [2.24, 2.45) is 0 Å². The maximum atomic E-state index is 12.5. The molecule has 2 aromatic heterocycles. The Morgan fingerprint density at radius 2 is 1.19 bits per heavy atom. The number of hydrogen-bond acceptors (Lipinski definition) is 4. The van der Waals surface area contributed by atoms with Crippen LogP contribution < -0.4 is 22.5 Å². The monoisotopic (exact) mass is 362 g/mol. The van der Waals surface area contributed by atoms with Gasteiger partial charge in [0.2, 0.25) is 0 Å². The van der Waals surface area contributed by atoms with Crippen LogP contribution in [0.25, 0.3) is 10.8 Å². The van der Waals surface area contributed by atoms with E-state index in [0.717, 1.165) is 10.8 Å². The Balaban J connectivity index is 2.10. The van der Waals surface area contributed by atoms with Crippen LogP contribution in [0.4, 0.5) is 0 Å². The molecule has 2 heterocycles. The lowest BCUT2D eigenvalue weighted by molar-refractivity contribution is 0.863. The Hall–Kier alpha value is -3.94. The molecule has 0 unspecified atom stereocenters. The van der Waals surface area contributed by atoms with Crippen LogP contribution in [0.15, 0.2) is 74.0 Å². The molecule has 27 heavy (non-hydrogen) atoms. The maximum absolute atomic E-state index is 12.5. The van der Waals surface area contributed by atoms with E-state index >= 15 is 0 Å². The van der Waals surface area contributed by atoms with Gasteiger partial charge >= 0.3 is 11.4 Å². The predicted molar refractivity (Wildman–Crippen MR) is 100 cm³/mol. The van der Waals surface area contributed by atoms with Crippen LogP contribution in [-0.4, -0.2) is 19.9 Å². The lowest BCUT2D eigenvalue weighted by Gasteiger charge is -2.18. The molecule has 8 heteroatoms. The Bertz CT molecular complexity index is 1300. The van der Waals surface area contributed by atoms with Gasteiger partial charge in [-0.3, -0.25) is 19.6 Å². The average Bonchev–Trinajstić information content (AvgIpc) is 2.65. The largest absolute Gasteiger partial charge is 0.325 e. The summed E-state index contributed by atoms with van der Waals surface area (Å²) in [6.45, 7) is 0. The van der Waals surface area contributed by atoms with E-state index in [4.69, 9.17) is 0 Å². The van der Waals surface area contributed by atoms with Crippen LogP contribution in [0.3, 0.4) is 0 Å². The minimum Gasteiger partial charge on any atom is -0.314 e. The molecule has 0 aliphatic carbocycles. The molecule has 4 aromatic rings. The Morgan fingerprint density at radius 1 is 0.630 bits per heavy atom. The molecule has 0 saturated heterocycles. The Kier molecular flexibility index (Phi) is 3.92. The molecule has 4 rings (SSSR count). The van der Waals surface area contributed by atoms with Crippen molar-refractivity contribution in [3.8, 4) is 0 Å². The van der Waals surface area contributed by atoms with Crippen molar-refractivity contribution in [2.45, 2.75) is 5.92 Å². The molecule has 0 fully saturated rings. The summed E-state index contributed by atoms with van der Waals surface area (Å²) >= 11 is 0. The second-order valence-electron chi connectivity index (χ2n) is 6.06. The second kappa shape index (κ2) is 6.41. The highest BCUT2D eigenvalue weighted by Gasteiger charge is 2.25. The van der Waals surface area contributed by atoms with E-state index in [1.54, 1.807) is 0 Å². The molecule has 0 radical (unpaired) electrons. The number of nitrogens with one attached hydrogen (secondary N) is 4. The Morgan fingerprint density at radius 3 is 1.78 bits per heavy atom. The van der Waals surface area contributed by atoms with Crippen LogP contribution in [0, 0.1) is 0 Å². The third-order valence-electron chi connectivity index (χ3n) is 4.45. The number of hydrogen-bond donors (Lipinski definition) is 4. The summed E-state index contributed by atoms with van der Waals surface area (Å²) in [5, 5.41) is 1.78. The molecule has 8 nitrogen and oxygen atoms in total. The summed E-state index contributed by atoms with van der Waals surface area (Å²) in [4.78, 5) is 57.1. The van der Waals surface area contributed by atoms with Gasteiger partial charge in [0, 0.05) is 29.4 Å². The van der Waals surface area contributed by atoms with Gasteiger partial charge in [-0.15, -0.1) is 0 Å². The number of aromatic nitrogens is 4. The number of benzene rings is 2. The van der Waals surface area contributed by atoms with Crippen LogP contribution in [0.5, 0.6) is 0 Å². The zero-order valence-electron chi connectivity index (χ0n) is 13.9. The van der Waals surface area contributed by atoms with Gasteiger partial charge in [-0.1, -0.05) is 42.5 Å². The van der Waals surface area contributed by atoms with Crippen molar-refractivity contribution >= 4 is 10.8 Å². The zero-order valence-corrected chi connectivity index (χ0v) is 13.9. The normalized spacial score (nSPS) is 11.1. The first-order chi connectivity index (χ1) is 13.0.